The number of carbonyl (C=O) groups is 1. The molecule has 2 aromatic rings. The van der Waals surface area contributed by atoms with Gasteiger partial charge in [-0.3, -0.25) is 4.79 Å². The lowest BCUT2D eigenvalue weighted by Gasteiger charge is -2.08. The van der Waals surface area contributed by atoms with E-state index in [0.29, 0.717) is 11.3 Å². The van der Waals surface area contributed by atoms with Gasteiger partial charge in [0.05, 0.1) is 20.4 Å². The topological polar surface area (TPSA) is 87.3 Å². The number of aromatic nitrogens is 2. The third kappa shape index (κ3) is 2.47. The molecule has 0 aliphatic heterocycles. The van der Waals surface area contributed by atoms with E-state index in [2.05, 4.69) is 9.97 Å². The third-order valence-corrected chi connectivity index (χ3v) is 2.54. The Kier molecular flexibility index (Phi) is 3.61. The molecule has 1 aromatic carbocycles. The fourth-order valence-corrected chi connectivity index (χ4v) is 1.58. The minimum atomic E-state index is -0.342. The van der Waals surface area contributed by atoms with Gasteiger partial charge in [-0.1, -0.05) is 12.1 Å². The van der Waals surface area contributed by atoms with Crippen molar-refractivity contribution in [2.24, 2.45) is 0 Å². The third-order valence-electron chi connectivity index (χ3n) is 2.54. The second-order valence-electron chi connectivity index (χ2n) is 3.69. The molecule has 0 saturated carbocycles. The first kappa shape index (κ1) is 12.8. The van der Waals surface area contributed by atoms with Crippen molar-refractivity contribution >= 4 is 11.5 Å². The van der Waals surface area contributed by atoms with Crippen molar-refractivity contribution in [2.75, 3.05) is 20.0 Å². The summed E-state index contributed by atoms with van der Waals surface area (Å²) < 4.78 is 9.99. The van der Waals surface area contributed by atoms with Crippen LogP contribution < -0.4 is 15.2 Å². The Hall–Kier alpha value is -2.63. The summed E-state index contributed by atoms with van der Waals surface area (Å²) in [5.41, 5.74) is 6.61. The Morgan fingerprint density at radius 1 is 1.21 bits per heavy atom. The van der Waals surface area contributed by atoms with Gasteiger partial charge < -0.3 is 15.2 Å². The normalized spacial score (nSPS) is 10.0. The molecular weight excluding hydrogens is 246 g/mol. The largest absolute Gasteiger partial charge is 0.480 e. The van der Waals surface area contributed by atoms with Gasteiger partial charge in [0.15, 0.2) is 5.69 Å². The maximum Gasteiger partial charge on any atom is 0.247 e. The highest BCUT2D eigenvalue weighted by Crippen LogP contribution is 2.22. The number of rotatable bonds is 4. The Morgan fingerprint density at radius 3 is 2.58 bits per heavy atom. The van der Waals surface area contributed by atoms with E-state index in [1.807, 2.05) is 0 Å². The molecule has 0 bridgehead atoms. The molecule has 6 heteroatoms. The molecule has 0 unspecified atom stereocenters. The van der Waals surface area contributed by atoms with E-state index in [4.69, 9.17) is 15.2 Å². The van der Waals surface area contributed by atoms with Crippen molar-refractivity contribution < 1.29 is 14.3 Å². The van der Waals surface area contributed by atoms with Crippen molar-refractivity contribution in [1.29, 1.82) is 0 Å². The number of nitrogens with zero attached hydrogens (tertiary/aromatic N) is 2. The molecule has 98 valence electrons. The monoisotopic (exact) mass is 259 g/mol. The number of carbonyl (C=O) groups excluding carboxylic acids is 1. The van der Waals surface area contributed by atoms with Crippen LogP contribution in [0, 0.1) is 0 Å². The van der Waals surface area contributed by atoms with E-state index >= 15 is 0 Å². The first-order valence-corrected chi connectivity index (χ1v) is 5.51. The molecule has 0 aliphatic rings. The van der Waals surface area contributed by atoms with Crippen LogP contribution in [0.5, 0.6) is 11.8 Å². The number of ether oxygens (including phenoxy) is 2. The van der Waals surface area contributed by atoms with Crippen LogP contribution >= 0.6 is 0 Å². The summed E-state index contributed by atoms with van der Waals surface area (Å²) in [7, 11) is 2.87. The predicted octanol–water partition coefficient (Wildman–Crippen LogP) is 1.31. The Bertz CT molecular complexity index is 614. The van der Waals surface area contributed by atoms with Gasteiger partial charge in [0, 0.05) is 11.3 Å². The van der Waals surface area contributed by atoms with E-state index in [0.717, 1.165) is 0 Å². The van der Waals surface area contributed by atoms with Crippen molar-refractivity contribution in [2.45, 2.75) is 0 Å². The van der Waals surface area contributed by atoms with Gasteiger partial charge in [-0.2, -0.15) is 4.98 Å². The number of ketones is 1. The molecule has 1 heterocycles. The summed E-state index contributed by atoms with van der Waals surface area (Å²) in [6.45, 7) is 0. The van der Waals surface area contributed by atoms with Crippen molar-refractivity contribution in [3.8, 4) is 11.8 Å². The van der Waals surface area contributed by atoms with Gasteiger partial charge in [0.2, 0.25) is 17.5 Å². The molecule has 2 rings (SSSR count). The molecule has 0 aliphatic carbocycles. The zero-order chi connectivity index (χ0) is 13.8. The quantitative estimate of drug-likeness (QED) is 0.658. The maximum absolute atomic E-state index is 12.3. The van der Waals surface area contributed by atoms with Gasteiger partial charge in [0.1, 0.15) is 0 Å². The van der Waals surface area contributed by atoms with Gasteiger partial charge in [-0.15, -0.1) is 0 Å². The van der Waals surface area contributed by atoms with Crippen LogP contribution in [0.4, 0.5) is 5.69 Å². The standard InChI is InChI=1S/C13H13N3O3/c1-18-10-7-15-11(13(16-10)19-2)12(17)8-5-3-4-6-9(8)14/h3-7H,14H2,1-2H3. The molecule has 0 fully saturated rings. The van der Waals surface area contributed by atoms with Crippen LogP contribution in [-0.4, -0.2) is 30.0 Å². The highest BCUT2D eigenvalue weighted by atomic mass is 16.5. The Balaban J connectivity index is 2.47. The van der Waals surface area contributed by atoms with Crippen LogP contribution in [0.2, 0.25) is 0 Å². The summed E-state index contributed by atoms with van der Waals surface area (Å²) in [4.78, 5) is 20.4. The average molecular weight is 259 g/mol. The molecular formula is C13H13N3O3. The lowest BCUT2D eigenvalue weighted by molar-refractivity contribution is 0.103. The van der Waals surface area contributed by atoms with Crippen LogP contribution in [0.15, 0.2) is 30.5 Å². The lowest BCUT2D eigenvalue weighted by Crippen LogP contribution is -2.10. The maximum atomic E-state index is 12.3. The van der Waals surface area contributed by atoms with Gasteiger partial charge >= 0.3 is 0 Å². The molecule has 0 spiro atoms. The molecule has 0 radical (unpaired) electrons. The Labute approximate surface area is 110 Å². The number of nitrogen functional groups attached to an aromatic ring is 1. The van der Waals surface area contributed by atoms with Crippen molar-refractivity contribution in [3.63, 3.8) is 0 Å². The van der Waals surface area contributed by atoms with E-state index in [1.165, 1.54) is 20.4 Å². The predicted molar refractivity (Wildman–Crippen MR) is 69.4 cm³/mol. The molecule has 0 saturated heterocycles. The number of hydrogen-bond acceptors (Lipinski definition) is 6. The molecule has 2 N–H and O–H groups in total. The zero-order valence-electron chi connectivity index (χ0n) is 10.6. The van der Waals surface area contributed by atoms with Crippen molar-refractivity contribution in [1.82, 2.24) is 9.97 Å². The number of hydrogen-bond donors (Lipinski definition) is 1. The summed E-state index contributed by atoms with van der Waals surface area (Å²) in [5.74, 6) is 0.0344. The molecule has 1 aromatic heterocycles. The number of para-hydroxylation sites is 1. The summed E-state index contributed by atoms with van der Waals surface area (Å²) in [6.07, 6.45) is 1.36. The van der Waals surface area contributed by atoms with E-state index < -0.39 is 0 Å². The first-order valence-electron chi connectivity index (χ1n) is 5.51. The van der Waals surface area contributed by atoms with Gasteiger partial charge in [0.25, 0.3) is 0 Å². The van der Waals surface area contributed by atoms with Crippen LogP contribution in [0.25, 0.3) is 0 Å². The number of anilines is 1. The van der Waals surface area contributed by atoms with Crippen LogP contribution in [-0.2, 0) is 0 Å². The molecule has 0 amide bonds. The number of methoxy groups -OCH3 is 2. The highest BCUT2D eigenvalue weighted by Gasteiger charge is 2.20. The smallest absolute Gasteiger partial charge is 0.247 e. The summed E-state index contributed by atoms with van der Waals surface area (Å²) in [6, 6.07) is 6.76. The lowest BCUT2D eigenvalue weighted by atomic mass is 10.1. The first-order chi connectivity index (χ1) is 9.17. The number of nitrogens with two attached hydrogens (primary N) is 1. The van der Waals surface area contributed by atoms with E-state index in [-0.39, 0.29) is 23.2 Å². The molecule has 6 nitrogen and oxygen atoms in total. The van der Waals surface area contributed by atoms with Gasteiger partial charge in [-0.05, 0) is 12.1 Å². The fraction of sp³-hybridized carbons (Fsp3) is 0.154. The van der Waals surface area contributed by atoms with Gasteiger partial charge in [-0.25, -0.2) is 4.98 Å². The zero-order valence-corrected chi connectivity index (χ0v) is 10.6. The molecule has 19 heavy (non-hydrogen) atoms. The second-order valence-corrected chi connectivity index (χ2v) is 3.69. The summed E-state index contributed by atoms with van der Waals surface area (Å²) >= 11 is 0. The summed E-state index contributed by atoms with van der Waals surface area (Å²) in [5, 5.41) is 0. The molecule has 0 atom stereocenters. The van der Waals surface area contributed by atoms with E-state index in [9.17, 15) is 4.79 Å². The average Bonchev–Trinajstić information content (AvgIpc) is 2.46. The second kappa shape index (κ2) is 5.34. The van der Waals surface area contributed by atoms with Crippen LogP contribution in [0.1, 0.15) is 16.1 Å². The minimum Gasteiger partial charge on any atom is -0.480 e. The van der Waals surface area contributed by atoms with Crippen molar-refractivity contribution in [3.05, 3.63) is 41.7 Å². The minimum absolute atomic E-state index is 0.0983. The highest BCUT2D eigenvalue weighted by molar-refractivity contribution is 6.12. The Morgan fingerprint density at radius 2 is 1.95 bits per heavy atom. The van der Waals surface area contributed by atoms with Crippen LogP contribution in [0.3, 0.4) is 0 Å². The SMILES string of the molecule is COc1cnc(C(=O)c2ccccc2N)c(OC)n1. The van der Waals surface area contributed by atoms with E-state index in [1.54, 1.807) is 24.3 Å². The fourth-order valence-electron chi connectivity index (χ4n) is 1.58. The number of benzene rings is 1.